The van der Waals surface area contributed by atoms with Crippen molar-refractivity contribution in [3.63, 3.8) is 0 Å². The molecule has 1 aromatic carbocycles. The smallest absolute Gasteiger partial charge is 0.254 e. The number of amides is 1. The van der Waals surface area contributed by atoms with E-state index in [1.54, 1.807) is 16.9 Å². The van der Waals surface area contributed by atoms with Gasteiger partial charge in [-0.05, 0) is 49.4 Å². The molecule has 164 valence electrons. The molecule has 3 aromatic rings. The van der Waals surface area contributed by atoms with Crippen LogP contribution in [0, 0.1) is 5.82 Å². The highest BCUT2D eigenvalue weighted by atomic mass is 19.1. The van der Waals surface area contributed by atoms with Crippen LogP contribution in [0.15, 0.2) is 30.6 Å². The zero-order valence-electron chi connectivity index (χ0n) is 17.8. The molecule has 8 nitrogen and oxygen atoms in total. The Bertz CT molecular complexity index is 1240. The van der Waals surface area contributed by atoms with Crippen molar-refractivity contribution in [3.05, 3.63) is 53.2 Å². The van der Waals surface area contributed by atoms with Crippen LogP contribution in [0.1, 0.15) is 53.3 Å². The molecule has 1 atom stereocenters. The summed E-state index contributed by atoms with van der Waals surface area (Å²) < 4.78 is 16.1. The van der Waals surface area contributed by atoms with E-state index < -0.39 is 0 Å². The van der Waals surface area contributed by atoms with Gasteiger partial charge in [0.05, 0.1) is 30.2 Å². The maximum Gasteiger partial charge on any atom is 0.254 e. The molecular formula is C23H24FN7O. The maximum atomic E-state index is 14.4. The Kier molecular flexibility index (Phi) is 4.21. The van der Waals surface area contributed by atoms with Crippen molar-refractivity contribution in [2.24, 2.45) is 7.05 Å². The second kappa shape index (κ2) is 7.01. The number of aromatic nitrogens is 4. The Morgan fingerprint density at radius 3 is 2.81 bits per heavy atom. The predicted octanol–water partition coefficient (Wildman–Crippen LogP) is 3.06. The second-order valence-electron chi connectivity index (χ2n) is 8.87. The Labute approximate surface area is 184 Å². The number of hydrogen-bond donors (Lipinski definition) is 1. The number of nitrogen functional groups attached to an aromatic ring is 1. The highest BCUT2D eigenvalue weighted by molar-refractivity contribution is 5.96. The topological polar surface area (TPSA) is 93.2 Å². The summed E-state index contributed by atoms with van der Waals surface area (Å²) in [6.45, 7) is 1.08. The number of hydrogen-bond acceptors (Lipinski definition) is 6. The van der Waals surface area contributed by atoms with Gasteiger partial charge in [-0.1, -0.05) is 0 Å². The van der Waals surface area contributed by atoms with Crippen molar-refractivity contribution in [3.8, 4) is 11.3 Å². The van der Waals surface area contributed by atoms with E-state index in [0.717, 1.165) is 36.9 Å². The zero-order valence-corrected chi connectivity index (χ0v) is 17.8. The lowest BCUT2D eigenvalue weighted by Gasteiger charge is -2.30. The normalized spacial score (nSPS) is 20.3. The van der Waals surface area contributed by atoms with E-state index in [4.69, 9.17) is 10.7 Å². The first-order valence-corrected chi connectivity index (χ1v) is 11.0. The van der Waals surface area contributed by atoms with Crippen LogP contribution >= 0.6 is 0 Å². The van der Waals surface area contributed by atoms with E-state index in [1.165, 1.54) is 12.1 Å². The van der Waals surface area contributed by atoms with Gasteiger partial charge in [-0.3, -0.25) is 9.48 Å². The predicted molar refractivity (Wildman–Crippen MR) is 117 cm³/mol. The van der Waals surface area contributed by atoms with Crippen LogP contribution in [0.4, 0.5) is 16.0 Å². The van der Waals surface area contributed by atoms with Gasteiger partial charge in [-0.15, -0.1) is 0 Å². The van der Waals surface area contributed by atoms with Gasteiger partial charge in [0, 0.05) is 37.0 Å². The number of benzene rings is 1. The van der Waals surface area contributed by atoms with Crippen molar-refractivity contribution in [1.29, 1.82) is 0 Å². The molecule has 2 aliphatic heterocycles. The molecule has 1 saturated carbocycles. The number of fused-ring (bicyclic) bond motifs is 8. The molecule has 1 saturated heterocycles. The summed E-state index contributed by atoms with van der Waals surface area (Å²) in [6, 6.07) is 4.46. The van der Waals surface area contributed by atoms with Gasteiger partial charge in [0.15, 0.2) is 11.6 Å². The molecule has 9 heteroatoms. The van der Waals surface area contributed by atoms with E-state index in [-0.39, 0.29) is 23.8 Å². The summed E-state index contributed by atoms with van der Waals surface area (Å²) in [4.78, 5) is 27.1. The first-order valence-electron chi connectivity index (χ1n) is 11.0. The van der Waals surface area contributed by atoms with Gasteiger partial charge in [0.25, 0.3) is 5.91 Å². The fraction of sp³-hybridized carbons (Fsp3) is 0.391. The van der Waals surface area contributed by atoms with Crippen molar-refractivity contribution >= 4 is 17.5 Å². The van der Waals surface area contributed by atoms with E-state index in [0.29, 0.717) is 41.5 Å². The molecule has 4 heterocycles. The lowest BCUT2D eigenvalue weighted by molar-refractivity contribution is 0.0726. The standard InChI is InChI=1S/C23H24FN7O/c1-29-11-17-18-10-26-21(25)22(27-18)30-8-2-3-20(30)16-9-13(24)4-7-15(16)23(32)31(14-5-6-14)12-19(17)28-29/h4,7,9-11,14,20H,2-3,5-6,8,12H2,1H3,(H2,25,26)/t20-/m1/s1. The number of rotatable bonds is 1. The van der Waals surface area contributed by atoms with Crippen molar-refractivity contribution in [1.82, 2.24) is 24.6 Å². The molecular weight excluding hydrogens is 409 g/mol. The molecule has 2 bridgehead atoms. The molecule has 0 spiro atoms. The highest BCUT2D eigenvalue weighted by Gasteiger charge is 2.38. The molecule has 1 amide bonds. The van der Waals surface area contributed by atoms with Crippen LogP contribution in [0.2, 0.25) is 0 Å². The summed E-state index contributed by atoms with van der Waals surface area (Å²) in [5.41, 5.74) is 9.76. The summed E-state index contributed by atoms with van der Waals surface area (Å²) in [5, 5.41) is 4.64. The molecule has 2 fully saturated rings. The van der Waals surface area contributed by atoms with Crippen LogP contribution in [0.5, 0.6) is 0 Å². The quantitative estimate of drug-likeness (QED) is 0.634. The molecule has 2 aromatic heterocycles. The molecule has 2 N–H and O–H groups in total. The minimum atomic E-state index is -0.353. The minimum Gasteiger partial charge on any atom is -0.381 e. The van der Waals surface area contributed by atoms with Crippen LogP contribution in [0.25, 0.3) is 11.3 Å². The monoisotopic (exact) mass is 433 g/mol. The first-order chi connectivity index (χ1) is 15.5. The summed E-state index contributed by atoms with van der Waals surface area (Å²) >= 11 is 0. The van der Waals surface area contributed by atoms with Gasteiger partial charge < -0.3 is 15.5 Å². The van der Waals surface area contributed by atoms with Gasteiger partial charge in [-0.25, -0.2) is 14.4 Å². The number of nitrogens with two attached hydrogens (primary N) is 1. The minimum absolute atomic E-state index is 0.0748. The first kappa shape index (κ1) is 19.2. The van der Waals surface area contributed by atoms with Crippen LogP contribution in [-0.2, 0) is 13.6 Å². The zero-order chi connectivity index (χ0) is 22.0. The van der Waals surface area contributed by atoms with Gasteiger partial charge in [-0.2, -0.15) is 5.10 Å². The number of carbonyl (C=O) groups excluding carboxylic acids is 1. The largest absolute Gasteiger partial charge is 0.381 e. The summed E-state index contributed by atoms with van der Waals surface area (Å²) in [6.07, 6.45) is 7.18. The molecule has 1 aliphatic carbocycles. The second-order valence-corrected chi connectivity index (χ2v) is 8.87. The number of halogens is 1. The molecule has 0 unspecified atom stereocenters. The van der Waals surface area contributed by atoms with E-state index >= 15 is 0 Å². The summed E-state index contributed by atoms with van der Waals surface area (Å²) in [7, 11) is 1.86. The third-order valence-corrected chi connectivity index (χ3v) is 6.66. The fourth-order valence-electron chi connectivity index (χ4n) is 5.01. The SMILES string of the molecule is Cn1cc2c(n1)CN(C1CC1)C(=O)c1ccc(F)cc1[C@H]1CCCN1c1nc-2cnc1N. The average Bonchev–Trinajstić information content (AvgIpc) is 3.38. The molecule has 32 heavy (non-hydrogen) atoms. The Morgan fingerprint density at radius 1 is 1.16 bits per heavy atom. The van der Waals surface area contributed by atoms with Gasteiger partial charge in [0.2, 0.25) is 0 Å². The average molecular weight is 433 g/mol. The lowest BCUT2D eigenvalue weighted by atomic mass is 9.96. The van der Waals surface area contributed by atoms with Gasteiger partial charge in [0.1, 0.15) is 5.82 Å². The van der Waals surface area contributed by atoms with E-state index in [2.05, 4.69) is 15.0 Å². The number of aryl methyl sites for hydroxylation is 1. The highest BCUT2D eigenvalue weighted by Crippen LogP contribution is 2.41. The third-order valence-electron chi connectivity index (χ3n) is 6.66. The van der Waals surface area contributed by atoms with E-state index in [9.17, 15) is 9.18 Å². The van der Waals surface area contributed by atoms with Crippen LogP contribution in [0.3, 0.4) is 0 Å². The fourth-order valence-corrected chi connectivity index (χ4v) is 5.01. The summed E-state index contributed by atoms with van der Waals surface area (Å²) in [5.74, 6) is 0.469. The van der Waals surface area contributed by atoms with Crippen molar-refractivity contribution in [2.45, 2.75) is 44.3 Å². The Balaban J connectivity index is 1.61. The van der Waals surface area contributed by atoms with Crippen LogP contribution < -0.4 is 10.6 Å². The van der Waals surface area contributed by atoms with Gasteiger partial charge >= 0.3 is 0 Å². The molecule has 6 rings (SSSR count). The molecule has 3 aliphatic rings. The third kappa shape index (κ3) is 3.03. The molecule has 0 radical (unpaired) electrons. The number of anilines is 2. The Morgan fingerprint density at radius 2 is 2.00 bits per heavy atom. The van der Waals surface area contributed by atoms with Crippen molar-refractivity contribution < 1.29 is 9.18 Å². The van der Waals surface area contributed by atoms with Crippen molar-refractivity contribution in [2.75, 3.05) is 17.2 Å². The number of carbonyl (C=O) groups is 1. The Hall–Kier alpha value is -3.49. The number of nitrogens with zero attached hydrogens (tertiary/aromatic N) is 6. The van der Waals surface area contributed by atoms with Crippen LogP contribution in [-0.4, -0.2) is 43.1 Å². The maximum absolute atomic E-state index is 14.4. The van der Waals surface area contributed by atoms with E-state index in [1.807, 2.05) is 18.1 Å². The lowest BCUT2D eigenvalue weighted by Crippen LogP contribution is -2.35.